The van der Waals surface area contributed by atoms with E-state index in [-0.39, 0.29) is 11.7 Å². The van der Waals surface area contributed by atoms with E-state index in [1.54, 1.807) is 12.1 Å². The van der Waals surface area contributed by atoms with Crippen LogP contribution in [0.1, 0.15) is 5.82 Å². The predicted molar refractivity (Wildman–Crippen MR) is 58.6 cm³/mol. The first-order chi connectivity index (χ1) is 7.20. The maximum Gasteiger partial charge on any atom is 0.200 e. The van der Waals surface area contributed by atoms with E-state index in [0.717, 1.165) is 0 Å². The average Bonchev–Trinajstić information content (AvgIpc) is 2.60. The van der Waals surface area contributed by atoms with Crippen molar-refractivity contribution in [3.63, 3.8) is 0 Å². The van der Waals surface area contributed by atoms with Crippen molar-refractivity contribution in [1.82, 2.24) is 14.8 Å². The van der Waals surface area contributed by atoms with Crippen LogP contribution >= 0.6 is 27.5 Å². The third-order valence-corrected chi connectivity index (χ3v) is 2.54. The van der Waals surface area contributed by atoms with Crippen LogP contribution in [0, 0.1) is 5.82 Å². The topological polar surface area (TPSA) is 30.7 Å². The van der Waals surface area contributed by atoms with Crippen LogP contribution in [0.15, 0.2) is 29.0 Å². The Kier molecular flexibility index (Phi) is 3.02. The molecule has 1 aromatic carbocycles. The summed E-state index contributed by atoms with van der Waals surface area (Å²) in [5.41, 5.74) is 0.603. The molecule has 2 rings (SSSR count). The van der Waals surface area contributed by atoms with Crippen molar-refractivity contribution in [1.29, 1.82) is 0 Å². The van der Waals surface area contributed by atoms with Crippen molar-refractivity contribution in [3.8, 4) is 5.69 Å². The van der Waals surface area contributed by atoms with Gasteiger partial charge in [-0.2, -0.15) is 0 Å². The van der Waals surface area contributed by atoms with Crippen LogP contribution in [0.25, 0.3) is 5.69 Å². The van der Waals surface area contributed by atoms with E-state index < -0.39 is 0 Å². The van der Waals surface area contributed by atoms with Gasteiger partial charge in [-0.1, -0.05) is 6.07 Å². The Balaban J connectivity index is 2.48. The first-order valence-corrected chi connectivity index (χ1v) is 5.47. The Labute approximate surface area is 99.0 Å². The Morgan fingerprint density at radius 1 is 1.47 bits per heavy atom. The highest BCUT2D eigenvalue weighted by Gasteiger charge is 2.08. The number of rotatable bonds is 2. The molecule has 0 atom stereocenters. The highest BCUT2D eigenvalue weighted by atomic mass is 79.9. The molecule has 0 bridgehead atoms. The summed E-state index contributed by atoms with van der Waals surface area (Å²) in [7, 11) is 0. The van der Waals surface area contributed by atoms with Gasteiger partial charge in [0.25, 0.3) is 0 Å². The molecule has 0 radical (unpaired) electrons. The Morgan fingerprint density at radius 3 is 2.87 bits per heavy atom. The van der Waals surface area contributed by atoms with Gasteiger partial charge in [0.05, 0.1) is 11.6 Å². The van der Waals surface area contributed by atoms with Crippen molar-refractivity contribution in [2.24, 2.45) is 0 Å². The van der Waals surface area contributed by atoms with Gasteiger partial charge >= 0.3 is 0 Å². The smallest absolute Gasteiger partial charge is 0.200 e. The standard InChI is InChI=1S/C9H6BrClFN3/c10-9-13-8(5-11)14-15(9)7-3-1-2-6(12)4-7/h1-4H,5H2. The van der Waals surface area contributed by atoms with Crippen LogP contribution in [0.3, 0.4) is 0 Å². The van der Waals surface area contributed by atoms with E-state index in [1.807, 2.05) is 0 Å². The Bertz CT molecular complexity index is 486. The zero-order chi connectivity index (χ0) is 10.8. The van der Waals surface area contributed by atoms with Crippen LogP contribution in [-0.2, 0) is 5.88 Å². The third kappa shape index (κ3) is 2.18. The number of aromatic nitrogens is 3. The zero-order valence-corrected chi connectivity index (χ0v) is 9.83. The van der Waals surface area contributed by atoms with Crippen LogP contribution in [-0.4, -0.2) is 14.8 Å². The summed E-state index contributed by atoms with van der Waals surface area (Å²) in [6.07, 6.45) is 0. The maximum atomic E-state index is 13.0. The zero-order valence-electron chi connectivity index (χ0n) is 7.49. The number of halogens is 3. The number of nitrogens with zero attached hydrogens (tertiary/aromatic N) is 3. The van der Waals surface area contributed by atoms with Crippen molar-refractivity contribution in [3.05, 3.63) is 40.6 Å². The molecule has 0 saturated carbocycles. The molecule has 0 unspecified atom stereocenters. The molecule has 0 aliphatic rings. The lowest BCUT2D eigenvalue weighted by Gasteiger charge is -2.00. The lowest BCUT2D eigenvalue weighted by molar-refractivity contribution is 0.625. The van der Waals surface area contributed by atoms with Crippen LogP contribution in [0.4, 0.5) is 4.39 Å². The Hall–Kier alpha value is -0.940. The van der Waals surface area contributed by atoms with E-state index in [0.29, 0.717) is 16.2 Å². The summed E-state index contributed by atoms with van der Waals surface area (Å²) >= 11 is 8.83. The van der Waals surface area contributed by atoms with Gasteiger partial charge in [0, 0.05) is 0 Å². The molecular formula is C9H6BrClFN3. The van der Waals surface area contributed by atoms with E-state index in [1.165, 1.54) is 16.8 Å². The minimum absolute atomic E-state index is 0.223. The van der Waals surface area contributed by atoms with Gasteiger partial charge in [0.15, 0.2) is 10.6 Å². The number of benzene rings is 1. The minimum atomic E-state index is -0.317. The van der Waals surface area contributed by atoms with Gasteiger partial charge in [0.1, 0.15) is 5.82 Å². The van der Waals surface area contributed by atoms with Gasteiger partial charge in [-0.25, -0.2) is 14.1 Å². The maximum absolute atomic E-state index is 13.0. The van der Waals surface area contributed by atoms with Crippen LogP contribution in [0.2, 0.25) is 0 Å². The molecule has 0 N–H and O–H groups in total. The van der Waals surface area contributed by atoms with Gasteiger partial charge in [-0.05, 0) is 34.1 Å². The second-order valence-electron chi connectivity index (χ2n) is 2.82. The van der Waals surface area contributed by atoms with Gasteiger partial charge < -0.3 is 0 Å². The van der Waals surface area contributed by atoms with E-state index >= 15 is 0 Å². The second-order valence-corrected chi connectivity index (χ2v) is 3.80. The van der Waals surface area contributed by atoms with Gasteiger partial charge in [-0.15, -0.1) is 16.7 Å². The van der Waals surface area contributed by atoms with E-state index in [2.05, 4.69) is 26.0 Å². The molecule has 78 valence electrons. The van der Waals surface area contributed by atoms with Crippen molar-refractivity contribution in [2.75, 3.05) is 0 Å². The summed E-state index contributed by atoms with van der Waals surface area (Å²) in [6, 6.07) is 6.09. The molecule has 0 spiro atoms. The first kappa shape index (κ1) is 10.6. The van der Waals surface area contributed by atoms with Crippen molar-refractivity contribution < 1.29 is 4.39 Å². The number of alkyl halides is 1. The molecule has 0 fully saturated rings. The first-order valence-electron chi connectivity index (χ1n) is 4.14. The average molecular weight is 291 g/mol. The van der Waals surface area contributed by atoms with E-state index in [9.17, 15) is 4.39 Å². The molecule has 1 aromatic heterocycles. The fourth-order valence-electron chi connectivity index (χ4n) is 1.16. The fraction of sp³-hybridized carbons (Fsp3) is 0.111. The fourth-order valence-corrected chi connectivity index (χ4v) is 1.76. The number of hydrogen-bond acceptors (Lipinski definition) is 2. The number of hydrogen-bond donors (Lipinski definition) is 0. The minimum Gasteiger partial charge on any atom is -0.207 e. The van der Waals surface area contributed by atoms with Crippen molar-refractivity contribution >= 4 is 27.5 Å². The molecule has 15 heavy (non-hydrogen) atoms. The molecule has 3 nitrogen and oxygen atoms in total. The molecule has 0 aliphatic heterocycles. The normalized spacial score (nSPS) is 10.6. The summed E-state index contributed by atoms with van der Waals surface area (Å²) in [5.74, 6) is 0.399. The van der Waals surface area contributed by atoms with Gasteiger partial charge in [0.2, 0.25) is 0 Å². The van der Waals surface area contributed by atoms with Gasteiger partial charge in [-0.3, -0.25) is 0 Å². The quantitative estimate of drug-likeness (QED) is 0.796. The molecule has 6 heteroatoms. The lowest BCUT2D eigenvalue weighted by Crippen LogP contribution is -1.97. The molecule has 2 aromatic rings. The highest BCUT2D eigenvalue weighted by Crippen LogP contribution is 2.16. The van der Waals surface area contributed by atoms with Crippen molar-refractivity contribution in [2.45, 2.75) is 5.88 Å². The van der Waals surface area contributed by atoms with E-state index in [4.69, 9.17) is 11.6 Å². The van der Waals surface area contributed by atoms with Crippen LogP contribution < -0.4 is 0 Å². The summed E-state index contributed by atoms with van der Waals surface area (Å²) in [6.45, 7) is 0. The summed E-state index contributed by atoms with van der Waals surface area (Å²) in [4.78, 5) is 4.05. The molecule has 0 saturated heterocycles. The summed E-state index contributed by atoms with van der Waals surface area (Å²) < 4.78 is 15.0. The largest absolute Gasteiger partial charge is 0.207 e. The van der Waals surface area contributed by atoms with Crippen LogP contribution in [0.5, 0.6) is 0 Å². The predicted octanol–water partition coefficient (Wildman–Crippen LogP) is 2.91. The molecule has 0 aliphatic carbocycles. The Morgan fingerprint density at radius 2 is 2.27 bits per heavy atom. The molecular weight excluding hydrogens is 284 g/mol. The molecule has 1 heterocycles. The lowest BCUT2D eigenvalue weighted by atomic mass is 10.3. The highest BCUT2D eigenvalue weighted by molar-refractivity contribution is 9.10. The SMILES string of the molecule is Fc1cccc(-n2nc(CCl)nc2Br)c1. The summed E-state index contributed by atoms with van der Waals surface area (Å²) in [5, 5.41) is 4.10. The third-order valence-electron chi connectivity index (χ3n) is 1.78. The monoisotopic (exact) mass is 289 g/mol. The second kappa shape index (κ2) is 4.28. The molecule has 0 amide bonds.